The maximum Gasteiger partial charge on any atom is 0.251 e. The van der Waals surface area contributed by atoms with Gasteiger partial charge in [-0.1, -0.05) is 28.8 Å². The van der Waals surface area contributed by atoms with Gasteiger partial charge in [-0.3, -0.25) is 4.79 Å². The zero-order valence-corrected chi connectivity index (χ0v) is 14.6. The zero-order chi connectivity index (χ0) is 17.1. The summed E-state index contributed by atoms with van der Waals surface area (Å²) in [5, 5.41) is 3.49. The van der Waals surface area contributed by atoms with Crippen molar-refractivity contribution in [3.05, 3.63) is 57.6 Å². The predicted octanol–water partition coefficient (Wildman–Crippen LogP) is 3.70. The zero-order valence-electron chi connectivity index (χ0n) is 13.8. The normalized spacial score (nSPS) is 12.8. The molecule has 0 fully saturated rings. The number of aryl methyl sites for hydroxylation is 2. The van der Waals surface area contributed by atoms with Crippen LogP contribution in [-0.2, 0) is 6.42 Å². The van der Waals surface area contributed by atoms with Crippen molar-refractivity contribution in [3.63, 3.8) is 0 Å². The van der Waals surface area contributed by atoms with Crippen molar-refractivity contribution in [1.29, 1.82) is 0 Å². The Hall–Kier alpha value is -2.20. The van der Waals surface area contributed by atoms with Gasteiger partial charge in [-0.25, -0.2) is 0 Å². The van der Waals surface area contributed by atoms with E-state index in [1.165, 1.54) is 0 Å². The highest BCUT2D eigenvalue weighted by Gasteiger charge is 2.16. The SMILES string of the molecule is Cc1cc(C)cc(C(=O)NCCc2cc(Cl)c3c(c2)OCCO3)c1. The van der Waals surface area contributed by atoms with E-state index in [0.29, 0.717) is 48.3 Å². The van der Waals surface area contributed by atoms with Crippen LogP contribution in [-0.4, -0.2) is 25.7 Å². The molecule has 2 aromatic carbocycles. The van der Waals surface area contributed by atoms with Crippen molar-refractivity contribution < 1.29 is 14.3 Å². The van der Waals surface area contributed by atoms with Crippen LogP contribution < -0.4 is 14.8 Å². The van der Waals surface area contributed by atoms with Gasteiger partial charge in [0.05, 0.1) is 5.02 Å². The summed E-state index contributed by atoms with van der Waals surface area (Å²) in [5.41, 5.74) is 3.86. The number of hydrogen-bond acceptors (Lipinski definition) is 3. The van der Waals surface area contributed by atoms with Gasteiger partial charge >= 0.3 is 0 Å². The van der Waals surface area contributed by atoms with Gasteiger partial charge < -0.3 is 14.8 Å². The highest BCUT2D eigenvalue weighted by molar-refractivity contribution is 6.32. The van der Waals surface area contributed by atoms with E-state index in [9.17, 15) is 4.79 Å². The van der Waals surface area contributed by atoms with Crippen LogP contribution in [0, 0.1) is 13.8 Å². The Balaban J connectivity index is 1.62. The van der Waals surface area contributed by atoms with Gasteiger partial charge in [-0.05, 0) is 50.1 Å². The van der Waals surface area contributed by atoms with E-state index in [-0.39, 0.29) is 5.91 Å². The Labute approximate surface area is 146 Å². The first-order chi connectivity index (χ1) is 11.5. The summed E-state index contributed by atoms with van der Waals surface area (Å²) in [5.74, 6) is 1.21. The Morgan fingerprint density at radius 2 is 1.79 bits per heavy atom. The fraction of sp³-hybridized carbons (Fsp3) is 0.316. The second-order valence-corrected chi connectivity index (χ2v) is 6.39. The second kappa shape index (κ2) is 7.14. The van der Waals surface area contributed by atoms with Crippen LogP contribution in [0.15, 0.2) is 30.3 Å². The van der Waals surface area contributed by atoms with Crippen molar-refractivity contribution in [2.75, 3.05) is 19.8 Å². The van der Waals surface area contributed by atoms with Gasteiger partial charge in [0.1, 0.15) is 13.2 Å². The average molecular weight is 346 g/mol. The lowest BCUT2D eigenvalue weighted by atomic mass is 10.1. The Morgan fingerprint density at radius 1 is 1.08 bits per heavy atom. The fourth-order valence-electron chi connectivity index (χ4n) is 2.84. The number of carbonyl (C=O) groups excluding carboxylic acids is 1. The molecule has 1 N–H and O–H groups in total. The first-order valence-electron chi connectivity index (χ1n) is 7.97. The maximum atomic E-state index is 12.3. The van der Waals surface area contributed by atoms with E-state index in [1.807, 2.05) is 44.2 Å². The van der Waals surface area contributed by atoms with E-state index >= 15 is 0 Å². The van der Waals surface area contributed by atoms with Crippen LogP contribution in [0.25, 0.3) is 0 Å². The van der Waals surface area contributed by atoms with Crippen LogP contribution >= 0.6 is 11.6 Å². The maximum absolute atomic E-state index is 12.3. The standard InChI is InChI=1S/C19H20ClNO3/c1-12-7-13(2)9-15(8-12)19(22)21-4-3-14-10-16(20)18-17(11-14)23-5-6-24-18/h7-11H,3-6H2,1-2H3,(H,21,22). The van der Waals surface area contributed by atoms with Gasteiger partial charge in [0.2, 0.25) is 0 Å². The molecule has 24 heavy (non-hydrogen) atoms. The van der Waals surface area contributed by atoms with Crippen molar-refractivity contribution in [2.24, 2.45) is 0 Å². The summed E-state index contributed by atoms with van der Waals surface area (Å²) in [7, 11) is 0. The van der Waals surface area contributed by atoms with Crippen LogP contribution in [0.5, 0.6) is 11.5 Å². The van der Waals surface area contributed by atoms with Crippen LogP contribution in [0.3, 0.4) is 0 Å². The molecule has 0 spiro atoms. The molecule has 0 unspecified atom stereocenters. The van der Waals surface area contributed by atoms with Crippen molar-refractivity contribution >= 4 is 17.5 Å². The number of rotatable bonds is 4. The van der Waals surface area contributed by atoms with Gasteiger partial charge in [0.25, 0.3) is 5.91 Å². The highest BCUT2D eigenvalue weighted by Crippen LogP contribution is 2.38. The topological polar surface area (TPSA) is 47.6 Å². The number of nitrogens with one attached hydrogen (secondary N) is 1. The summed E-state index contributed by atoms with van der Waals surface area (Å²) in [6, 6.07) is 9.61. The molecule has 0 radical (unpaired) electrons. The fourth-order valence-corrected chi connectivity index (χ4v) is 3.12. The van der Waals surface area contributed by atoms with Crippen LogP contribution in [0.2, 0.25) is 5.02 Å². The molecule has 1 amide bonds. The van der Waals surface area contributed by atoms with Crippen molar-refractivity contribution in [3.8, 4) is 11.5 Å². The molecule has 1 aliphatic rings. The minimum Gasteiger partial charge on any atom is -0.486 e. The van der Waals surface area contributed by atoms with E-state index in [0.717, 1.165) is 16.7 Å². The van der Waals surface area contributed by atoms with E-state index in [2.05, 4.69) is 5.32 Å². The lowest BCUT2D eigenvalue weighted by Gasteiger charge is -2.20. The number of carbonyl (C=O) groups is 1. The number of halogens is 1. The third-order valence-corrected chi connectivity index (χ3v) is 4.12. The summed E-state index contributed by atoms with van der Waals surface area (Å²) in [6.45, 7) is 5.54. The quantitative estimate of drug-likeness (QED) is 0.919. The largest absolute Gasteiger partial charge is 0.486 e. The van der Waals surface area contributed by atoms with Crippen molar-refractivity contribution in [1.82, 2.24) is 5.32 Å². The first-order valence-corrected chi connectivity index (χ1v) is 8.35. The first kappa shape index (κ1) is 16.7. The molecule has 1 aliphatic heterocycles. The molecule has 0 saturated carbocycles. The number of benzene rings is 2. The molecular formula is C19H20ClNO3. The second-order valence-electron chi connectivity index (χ2n) is 5.98. The van der Waals surface area contributed by atoms with E-state index < -0.39 is 0 Å². The smallest absolute Gasteiger partial charge is 0.251 e. The van der Waals surface area contributed by atoms with E-state index in [1.54, 1.807) is 0 Å². The number of fused-ring (bicyclic) bond motifs is 1. The molecule has 2 aromatic rings. The third kappa shape index (κ3) is 3.82. The van der Waals surface area contributed by atoms with E-state index in [4.69, 9.17) is 21.1 Å². The summed E-state index contributed by atoms with van der Waals surface area (Å²) in [4.78, 5) is 12.3. The lowest BCUT2D eigenvalue weighted by molar-refractivity contribution is 0.0954. The summed E-state index contributed by atoms with van der Waals surface area (Å²) in [6.07, 6.45) is 0.674. The monoisotopic (exact) mass is 345 g/mol. The molecule has 126 valence electrons. The predicted molar refractivity (Wildman–Crippen MR) is 94.4 cm³/mol. The average Bonchev–Trinajstić information content (AvgIpc) is 2.54. The van der Waals surface area contributed by atoms with Gasteiger partial charge in [0.15, 0.2) is 11.5 Å². The molecule has 0 aliphatic carbocycles. The summed E-state index contributed by atoms with van der Waals surface area (Å²) < 4.78 is 11.1. The number of amides is 1. The van der Waals surface area contributed by atoms with Crippen LogP contribution in [0.4, 0.5) is 0 Å². The summed E-state index contributed by atoms with van der Waals surface area (Å²) >= 11 is 6.23. The Morgan fingerprint density at radius 3 is 2.54 bits per heavy atom. The van der Waals surface area contributed by atoms with Gasteiger partial charge in [-0.2, -0.15) is 0 Å². The molecule has 5 heteroatoms. The third-order valence-electron chi connectivity index (χ3n) is 3.84. The van der Waals surface area contributed by atoms with Crippen LogP contribution in [0.1, 0.15) is 27.0 Å². The minimum atomic E-state index is -0.0644. The molecular weight excluding hydrogens is 326 g/mol. The number of hydrogen-bond donors (Lipinski definition) is 1. The molecule has 4 nitrogen and oxygen atoms in total. The lowest BCUT2D eigenvalue weighted by Crippen LogP contribution is -2.26. The Bertz CT molecular complexity index is 753. The van der Waals surface area contributed by atoms with Gasteiger partial charge in [-0.15, -0.1) is 0 Å². The van der Waals surface area contributed by atoms with Crippen molar-refractivity contribution in [2.45, 2.75) is 20.3 Å². The molecule has 0 bridgehead atoms. The molecule has 3 rings (SSSR count). The molecule has 0 aromatic heterocycles. The molecule has 0 saturated heterocycles. The number of ether oxygens (including phenoxy) is 2. The minimum absolute atomic E-state index is 0.0644. The Kier molecular flexibility index (Phi) is 4.95. The molecule has 0 atom stereocenters. The van der Waals surface area contributed by atoms with Gasteiger partial charge in [0, 0.05) is 12.1 Å². The highest BCUT2D eigenvalue weighted by atomic mass is 35.5. The molecule has 1 heterocycles.